The Labute approximate surface area is 211 Å². The summed E-state index contributed by atoms with van der Waals surface area (Å²) >= 11 is 0. The largest absolute Gasteiger partial charge is 0.550 e. The molecule has 0 spiro atoms. The van der Waals surface area contributed by atoms with Crippen molar-refractivity contribution in [2.24, 2.45) is 0 Å². The molecule has 1 aliphatic rings. The van der Waals surface area contributed by atoms with Crippen LogP contribution in [0.15, 0.2) is 72.8 Å². The van der Waals surface area contributed by atoms with Crippen LogP contribution in [0.1, 0.15) is 60.8 Å². The van der Waals surface area contributed by atoms with Crippen molar-refractivity contribution in [1.82, 2.24) is 5.32 Å². The lowest BCUT2D eigenvalue weighted by atomic mass is 9.98. The molecule has 1 aliphatic carbocycles. The molecule has 0 unspecified atom stereocenters. The van der Waals surface area contributed by atoms with Crippen LogP contribution in [0.25, 0.3) is 11.1 Å². The number of carboxylic acid groups (broad SMARTS) is 1. The SMILES string of the molecule is CCOC(OCC)c1ccc([C@H](CC(=O)[O-])NC(=O)OCC2c3ccccc3-c3ccccc32)cc1. The number of fused-ring (bicyclic) bond motifs is 3. The number of hydrogen-bond acceptors (Lipinski definition) is 6. The van der Waals surface area contributed by atoms with Crippen molar-refractivity contribution in [2.75, 3.05) is 19.8 Å². The van der Waals surface area contributed by atoms with Crippen molar-refractivity contribution in [3.63, 3.8) is 0 Å². The molecule has 188 valence electrons. The molecular formula is C29H30NO6-. The maximum absolute atomic E-state index is 12.7. The van der Waals surface area contributed by atoms with Gasteiger partial charge < -0.3 is 29.4 Å². The minimum Gasteiger partial charge on any atom is -0.550 e. The predicted molar refractivity (Wildman–Crippen MR) is 133 cm³/mol. The summed E-state index contributed by atoms with van der Waals surface area (Å²) in [5, 5.41) is 14.1. The van der Waals surface area contributed by atoms with Gasteiger partial charge in [-0.2, -0.15) is 0 Å². The quantitative estimate of drug-likeness (QED) is 0.400. The van der Waals surface area contributed by atoms with E-state index in [1.807, 2.05) is 50.2 Å². The molecule has 3 aromatic carbocycles. The number of carbonyl (C=O) groups excluding carboxylic acids is 2. The Morgan fingerprint density at radius 1 is 0.833 bits per heavy atom. The van der Waals surface area contributed by atoms with E-state index >= 15 is 0 Å². The third-order valence-corrected chi connectivity index (χ3v) is 6.25. The van der Waals surface area contributed by atoms with Gasteiger partial charge in [-0.3, -0.25) is 0 Å². The first kappa shape index (κ1) is 25.4. The van der Waals surface area contributed by atoms with Crippen molar-refractivity contribution in [2.45, 2.75) is 38.5 Å². The average molecular weight is 489 g/mol. The van der Waals surface area contributed by atoms with E-state index < -0.39 is 24.4 Å². The lowest BCUT2D eigenvalue weighted by Crippen LogP contribution is -2.35. The molecule has 7 nitrogen and oxygen atoms in total. The Hall–Kier alpha value is -3.68. The monoisotopic (exact) mass is 488 g/mol. The maximum Gasteiger partial charge on any atom is 0.407 e. The zero-order valence-corrected chi connectivity index (χ0v) is 20.4. The Morgan fingerprint density at radius 3 is 1.89 bits per heavy atom. The summed E-state index contributed by atoms with van der Waals surface area (Å²) in [5.41, 5.74) is 5.89. The van der Waals surface area contributed by atoms with Crippen molar-refractivity contribution >= 4 is 12.1 Å². The van der Waals surface area contributed by atoms with Crippen molar-refractivity contribution in [3.05, 3.63) is 95.1 Å². The van der Waals surface area contributed by atoms with Crippen LogP contribution >= 0.6 is 0 Å². The summed E-state index contributed by atoms with van der Waals surface area (Å²) in [6.07, 6.45) is -1.58. The molecule has 4 rings (SSSR count). The molecule has 0 heterocycles. The van der Waals surface area contributed by atoms with Crippen LogP contribution in [0.2, 0.25) is 0 Å². The predicted octanol–water partition coefficient (Wildman–Crippen LogP) is 4.48. The van der Waals surface area contributed by atoms with E-state index in [1.165, 1.54) is 0 Å². The van der Waals surface area contributed by atoms with Crippen LogP contribution in [0.4, 0.5) is 4.79 Å². The van der Waals surface area contributed by atoms with Gasteiger partial charge in [0.1, 0.15) is 6.61 Å². The van der Waals surface area contributed by atoms with E-state index in [0.29, 0.717) is 18.8 Å². The summed E-state index contributed by atoms with van der Waals surface area (Å²) in [5.74, 6) is -1.36. The second-order valence-corrected chi connectivity index (χ2v) is 8.51. The molecule has 7 heteroatoms. The van der Waals surface area contributed by atoms with Crippen LogP contribution < -0.4 is 10.4 Å². The Kier molecular flexibility index (Phi) is 8.36. The standard InChI is InChI=1S/C29H31NO6/c1-3-34-28(35-4-2)20-15-13-19(14-16-20)26(17-27(31)32)30-29(33)36-18-25-23-11-7-5-9-21(23)22-10-6-8-12-24(22)25/h5-16,25-26,28H,3-4,17-18H2,1-2H3,(H,30,33)(H,31,32)/p-1/t26-/m0/s1. The van der Waals surface area contributed by atoms with Crippen LogP contribution in [0, 0.1) is 0 Å². The van der Waals surface area contributed by atoms with E-state index in [1.54, 1.807) is 24.3 Å². The summed E-state index contributed by atoms with van der Waals surface area (Å²) < 4.78 is 16.8. The average Bonchev–Trinajstić information content (AvgIpc) is 3.20. The highest BCUT2D eigenvalue weighted by molar-refractivity contribution is 5.79. The number of alkyl carbamates (subject to hydrolysis) is 1. The van der Waals surface area contributed by atoms with Gasteiger partial charge in [0.05, 0.1) is 6.04 Å². The van der Waals surface area contributed by atoms with Crippen LogP contribution in [0.3, 0.4) is 0 Å². The molecule has 0 fully saturated rings. The van der Waals surface area contributed by atoms with Gasteiger partial charge in [-0.25, -0.2) is 4.79 Å². The fraction of sp³-hybridized carbons (Fsp3) is 0.310. The number of ether oxygens (including phenoxy) is 3. The highest BCUT2D eigenvalue weighted by atomic mass is 16.7. The van der Waals surface area contributed by atoms with Gasteiger partial charge in [0, 0.05) is 37.1 Å². The van der Waals surface area contributed by atoms with Gasteiger partial charge in [-0.1, -0.05) is 72.8 Å². The second-order valence-electron chi connectivity index (χ2n) is 8.51. The van der Waals surface area contributed by atoms with E-state index in [-0.39, 0.29) is 18.9 Å². The fourth-order valence-electron chi connectivity index (χ4n) is 4.63. The summed E-state index contributed by atoms with van der Waals surface area (Å²) in [6.45, 7) is 4.89. The number of amides is 1. The first-order valence-corrected chi connectivity index (χ1v) is 12.2. The van der Waals surface area contributed by atoms with Gasteiger partial charge >= 0.3 is 6.09 Å². The molecular weight excluding hydrogens is 458 g/mol. The smallest absolute Gasteiger partial charge is 0.407 e. The maximum atomic E-state index is 12.7. The Bertz CT molecular complexity index is 1140. The first-order chi connectivity index (χ1) is 17.5. The van der Waals surface area contributed by atoms with Crippen molar-refractivity contribution in [3.8, 4) is 11.1 Å². The second kappa shape index (κ2) is 11.8. The number of hydrogen-bond donors (Lipinski definition) is 1. The Morgan fingerprint density at radius 2 is 1.36 bits per heavy atom. The number of carboxylic acids is 1. The number of nitrogens with one attached hydrogen (secondary N) is 1. The van der Waals surface area contributed by atoms with E-state index in [2.05, 4.69) is 17.4 Å². The Balaban J connectivity index is 1.44. The molecule has 3 aromatic rings. The first-order valence-electron chi connectivity index (χ1n) is 12.2. The van der Waals surface area contributed by atoms with Crippen LogP contribution in [0.5, 0.6) is 0 Å². The highest BCUT2D eigenvalue weighted by Gasteiger charge is 2.29. The van der Waals surface area contributed by atoms with E-state index in [9.17, 15) is 14.7 Å². The van der Waals surface area contributed by atoms with Crippen molar-refractivity contribution in [1.29, 1.82) is 0 Å². The van der Waals surface area contributed by atoms with E-state index in [0.717, 1.165) is 27.8 Å². The third kappa shape index (κ3) is 5.75. The summed E-state index contributed by atoms with van der Waals surface area (Å²) in [4.78, 5) is 24.2. The molecule has 0 saturated carbocycles. The van der Waals surface area contributed by atoms with E-state index in [4.69, 9.17) is 14.2 Å². The molecule has 1 atom stereocenters. The minimum atomic E-state index is -1.27. The molecule has 0 bridgehead atoms. The van der Waals surface area contributed by atoms with Crippen molar-refractivity contribution < 1.29 is 28.9 Å². The normalized spacial score (nSPS) is 13.2. The topological polar surface area (TPSA) is 96.9 Å². The van der Waals surface area contributed by atoms with Gasteiger partial charge in [0.15, 0.2) is 6.29 Å². The highest BCUT2D eigenvalue weighted by Crippen LogP contribution is 2.44. The van der Waals surface area contributed by atoms with Crippen LogP contribution in [-0.2, 0) is 19.0 Å². The number of benzene rings is 3. The zero-order chi connectivity index (χ0) is 25.5. The molecule has 36 heavy (non-hydrogen) atoms. The number of aliphatic carboxylic acids is 1. The van der Waals surface area contributed by atoms with Gasteiger partial charge in [0.25, 0.3) is 0 Å². The fourth-order valence-corrected chi connectivity index (χ4v) is 4.63. The minimum absolute atomic E-state index is 0.0870. The molecule has 0 saturated heterocycles. The molecule has 0 aliphatic heterocycles. The number of rotatable bonds is 11. The molecule has 0 radical (unpaired) electrons. The third-order valence-electron chi connectivity index (χ3n) is 6.25. The summed E-state index contributed by atoms with van der Waals surface area (Å²) in [7, 11) is 0. The lowest BCUT2D eigenvalue weighted by Gasteiger charge is -2.22. The summed E-state index contributed by atoms with van der Waals surface area (Å²) in [6, 6.07) is 22.4. The lowest BCUT2D eigenvalue weighted by molar-refractivity contribution is -0.306. The molecule has 1 N–H and O–H groups in total. The molecule has 0 aromatic heterocycles. The zero-order valence-electron chi connectivity index (χ0n) is 20.4. The van der Waals surface area contributed by atoms with Gasteiger partial charge in [-0.05, 0) is 41.7 Å². The van der Waals surface area contributed by atoms with Gasteiger partial charge in [-0.15, -0.1) is 0 Å². The number of carbonyl (C=O) groups is 2. The van der Waals surface area contributed by atoms with Crippen LogP contribution in [-0.4, -0.2) is 31.9 Å². The van der Waals surface area contributed by atoms with Gasteiger partial charge in [0.2, 0.25) is 0 Å². The molecule has 1 amide bonds.